The van der Waals surface area contributed by atoms with E-state index in [9.17, 15) is 4.79 Å². The number of methoxy groups -OCH3 is 1. The Kier molecular flexibility index (Phi) is 3.09. The van der Waals surface area contributed by atoms with Gasteiger partial charge in [-0.2, -0.15) is 0 Å². The van der Waals surface area contributed by atoms with Crippen LogP contribution in [0.5, 0.6) is 0 Å². The lowest BCUT2D eigenvalue weighted by Crippen LogP contribution is -2.28. The van der Waals surface area contributed by atoms with Gasteiger partial charge in [0.1, 0.15) is 0 Å². The van der Waals surface area contributed by atoms with Crippen LogP contribution < -0.4 is 5.32 Å². The van der Waals surface area contributed by atoms with Gasteiger partial charge in [-0.15, -0.1) is 0 Å². The minimum atomic E-state index is -0.247. The number of carbonyl (C=O) groups is 1. The van der Waals surface area contributed by atoms with Crippen LogP contribution >= 0.6 is 0 Å². The van der Waals surface area contributed by atoms with E-state index >= 15 is 0 Å². The quantitative estimate of drug-likeness (QED) is 0.526. The summed E-state index contributed by atoms with van der Waals surface area (Å²) in [6.45, 7) is 4.70. The van der Waals surface area contributed by atoms with E-state index in [1.165, 1.54) is 20.0 Å². The van der Waals surface area contributed by atoms with Crippen molar-refractivity contribution in [1.82, 2.24) is 5.32 Å². The zero-order valence-electron chi connectivity index (χ0n) is 8.52. The molecule has 0 unspecified atom stereocenters. The van der Waals surface area contributed by atoms with Gasteiger partial charge in [0.25, 0.3) is 0 Å². The Morgan fingerprint density at radius 2 is 2.23 bits per heavy atom. The van der Waals surface area contributed by atoms with E-state index in [4.69, 9.17) is 0 Å². The third-order valence-corrected chi connectivity index (χ3v) is 2.44. The molecule has 1 fully saturated rings. The van der Waals surface area contributed by atoms with Gasteiger partial charge in [-0.25, -0.2) is 4.79 Å². The van der Waals surface area contributed by atoms with Gasteiger partial charge in [0.05, 0.1) is 7.11 Å². The highest BCUT2D eigenvalue weighted by molar-refractivity contribution is 5.87. The summed E-state index contributed by atoms with van der Waals surface area (Å²) in [7, 11) is 1.40. The van der Waals surface area contributed by atoms with Crippen LogP contribution in [-0.2, 0) is 9.53 Å². The fourth-order valence-electron chi connectivity index (χ4n) is 1.06. The maximum absolute atomic E-state index is 11.0. The maximum atomic E-state index is 11.0. The Bertz CT molecular complexity index is 229. The molecule has 1 aliphatic carbocycles. The largest absolute Gasteiger partial charge is 0.466 e. The number of hydrogen-bond acceptors (Lipinski definition) is 3. The molecule has 0 spiro atoms. The topological polar surface area (TPSA) is 38.3 Å². The molecule has 0 aromatic carbocycles. The van der Waals surface area contributed by atoms with Gasteiger partial charge in [-0.3, -0.25) is 0 Å². The highest BCUT2D eigenvalue weighted by Crippen LogP contribution is 2.33. The molecule has 13 heavy (non-hydrogen) atoms. The molecule has 1 saturated carbocycles. The van der Waals surface area contributed by atoms with E-state index in [0.717, 1.165) is 6.54 Å². The Morgan fingerprint density at radius 3 is 2.69 bits per heavy atom. The predicted molar refractivity (Wildman–Crippen MR) is 51.4 cm³/mol. The van der Waals surface area contributed by atoms with Crippen LogP contribution in [0, 0.1) is 0 Å². The van der Waals surface area contributed by atoms with Crippen LogP contribution in [0.3, 0.4) is 0 Å². The lowest BCUT2D eigenvalue weighted by Gasteiger charge is -2.08. The molecule has 74 valence electrons. The van der Waals surface area contributed by atoms with E-state index in [0.29, 0.717) is 11.1 Å². The van der Waals surface area contributed by atoms with Gasteiger partial charge in [0.2, 0.25) is 0 Å². The third kappa shape index (κ3) is 3.19. The van der Waals surface area contributed by atoms with Gasteiger partial charge in [-0.1, -0.05) is 6.08 Å². The van der Waals surface area contributed by atoms with E-state index in [1.54, 1.807) is 6.92 Å². The molecule has 0 aromatic heterocycles. The van der Waals surface area contributed by atoms with Gasteiger partial charge in [0.15, 0.2) is 0 Å². The first-order valence-corrected chi connectivity index (χ1v) is 4.57. The van der Waals surface area contributed by atoms with Crippen LogP contribution in [0.1, 0.15) is 26.7 Å². The number of ether oxygens (including phenoxy) is 1. The number of esters is 1. The first kappa shape index (κ1) is 10.3. The smallest absolute Gasteiger partial charge is 0.333 e. The molecule has 0 atom stereocenters. The fraction of sp³-hybridized carbons (Fsp3) is 0.700. The molecular weight excluding hydrogens is 166 g/mol. The number of carbonyl (C=O) groups excluding carboxylic acids is 1. The van der Waals surface area contributed by atoms with Crippen molar-refractivity contribution in [2.75, 3.05) is 13.7 Å². The second kappa shape index (κ2) is 3.92. The molecule has 0 amide bonds. The van der Waals surface area contributed by atoms with Crippen LogP contribution in [0.25, 0.3) is 0 Å². The maximum Gasteiger partial charge on any atom is 0.333 e. The minimum Gasteiger partial charge on any atom is -0.466 e. The van der Waals surface area contributed by atoms with Crippen molar-refractivity contribution in [1.29, 1.82) is 0 Å². The van der Waals surface area contributed by atoms with Crippen molar-refractivity contribution in [2.24, 2.45) is 0 Å². The van der Waals surface area contributed by atoms with Gasteiger partial charge < -0.3 is 10.1 Å². The lowest BCUT2D eigenvalue weighted by atomic mass is 10.2. The molecular formula is C10H17NO2. The van der Waals surface area contributed by atoms with Crippen LogP contribution in [0.2, 0.25) is 0 Å². The summed E-state index contributed by atoms with van der Waals surface area (Å²) < 4.78 is 4.58. The molecule has 0 heterocycles. The van der Waals surface area contributed by atoms with Crippen LogP contribution in [-0.4, -0.2) is 25.2 Å². The Balaban J connectivity index is 2.26. The molecule has 3 heteroatoms. The van der Waals surface area contributed by atoms with E-state index in [-0.39, 0.29) is 5.97 Å². The molecule has 1 rings (SSSR count). The first-order chi connectivity index (χ1) is 6.07. The molecule has 0 saturated heterocycles. The van der Waals surface area contributed by atoms with Crippen molar-refractivity contribution < 1.29 is 9.53 Å². The molecule has 0 bridgehead atoms. The Labute approximate surface area is 79.2 Å². The molecule has 0 radical (unpaired) electrons. The number of hydrogen-bond donors (Lipinski definition) is 1. The van der Waals surface area contributed by atoms with Gasteiger partial charge in [0, 0.05) is 17.7 Å². The summed E-state index contributed by atoms with van der Waals surface area (Å²) in [4.78, 5) is 11.0. The van der Waals surface area contributed by atoms with E-state index in [1.807, 2.05) is 6.08 Å². The Hall–Kier alpha value is -0.830. The molecule has 0 aromatic rings. The standard InChI is InChI=1S/C10H17NO2/c1-8(9(12)13-3)4-7-11-10(2)5-6-10/h4,11H,5-7H2,1-3H3. The van der Waals surface area contributed by atoms with E-state index < -0.39 is 0 Å². The summed E-state index contributed by atoms with van der Waals surface area (Å²) in [6, 6.07) is 0. The summed E-state index contributed by atoms with van der Waals surface area (Å²) in [5.41, 5.74) is 0.992. The SMILES string of the molecule is COC(=O)C(C)=CCNC1(C)CC1. The normalized spacial score (nSPS) is 19.8. The van der Waals surface area contributed by atoms with Crippen LogP contribution in [0.15, 0.2) is 11.6 Å². The van der Waals surface area contributed by atoms with Gasteiger partial charge in [-0.05, 0) is 26.7 Å². The molecule has 1 N–H and O–H groups in total. The second-order valence-electron chi connectivity index (χ2n) is 3.82. The average molecular weight is 183 g/mol. The lowest BCUT2D eigenvalue weighted by molar-refractivity contribution is -0.136. The summed E-state index contributed by atoms with van der Waals surface area (Å²) in [6.07, 6.45) is 4.34. The number of nitrogens with one attached hydrogen (secondary N) is 1. The van der Waals surface area contributed by atoms with E-state index in [2.05, 4.69) is 17.0 Å². The highest BCUT2D eigenvalue weighted by Gasteiger charge is 2.35. The van der Waals surface area contributed by atoms with Crippen molar-refractivity contribution in [3.63, 3.8) is 0 Å². The van der Waals surface area contributed by atoms with Crippen LogP contribution in [0.4, 0.5) is 0 Å². The summed E-state index contributed by atoms with van der Waals surface area (Å²) in [5.74, 6) is -0.247. The van der Waals surface area contributed by atoms with Crippen molar-refractivity contribution in [2.45, 2.75) is 32.2 Å². The first-order valence-electron chi connectivity index (χ1n) is 4.57. The molecule has 3 nitrogen and oxygen atoms in total. The molecule has 1 aliphatic rings. The highest BCUT2D eigenvalue weighted by atomic mass is 16.5. The average Bonchev–Trinajstić information content (AvgIpc) is 2.82. The summed E-state index contributed by atoms with van der Waals surface area (Å²) >= 11 is 0. The summed E-state index contributed by atoms with van der Waals surface area (Å²) in [5, 5.41) is 3.36. The zero-order valence-corrected chi connectivity index (χ0v) is 8.52. The number of rotatable bonds is 4. The van der Waals surface area contributed by atoms with Crippen molar-refractivity contribution >= 4 is 5.97 Å². The second-order valence-corrected chi connectivity index (χ2v) is 3.82. The third-order valence-electron chi connectivity index (χ3n) is 2.44. The zero-order chi connectivity index (χ0) is 9.90. The predicted octanol–water partition coefficient (Wildman–Crippen LogP) is 1.25. The van der Waals surface area contributed by atoms with Gasteiger partial charge >= 0.3 is 5.97 Å². The Morgan fingerprint density at radius 1 is 1.62 bits per heavy atom. The minimum absolute atomic E-state index is 0.247. The van der Waals surface area contributed by atoms with Crippen molar-refractivity contribution in [3.8, 4) is 0 Å². The fourth-order valence-corrected chi connectivity index (χ4v) is 1.06. The van der Waals surface area contributed by atoms with Crippen molar-refractivity contribution in [3.05, 3.63) is 11.6 Å². The molecule has 0 aliphatic heterocycles. The monoisotopic (exact) mass is 183 g/mol.